The van der Waals surface area contributed by atoms with E-state index in [-0.39, 0.29) is 23.4 Å². The number of carbonyl (C=O) groups excluding carboxylic acids is 1. The van der Waals surface area contributed by atoms with Crippen molar-refractivity contribution in [1.82, 2.24) is 5.32 Å². The molecule has 0 saturated heterocycles. The first kappa shape index (κ1) is 24.3. The van der Waals surface area contributed by atoms with Crippen LogP contribution >= 0.6 is 0 Å². The van der Waals surface area contributed by atoms with E-state index in [0.29, 0.717) is 12.1 Å². The Morgan fingerprint density at radius 3 is 2.21 bits per heavy atom. The molecule has 0 heterocycles. The van der Waals surface area contributed by atoms with Gasteiger partial charge in [-0.15, -0.1) is 0 Å². The molecule has 0 aromatic heterocycles. The lowest BCUT2D eigenvalue weighted by Crippen LogP contribution is -2.42. The van der Waals surface area contributed by atoms with E-state index in [9.17, 15) is 13.2 Å². The van der Waals surface area contributed by atoms with Crippen molar-refractivity contribution >= 4 is 21.6 Å². The van der Waals surface area contributed by atoms with Crippen molar-refractivity contribution in [2.75, 3.05) is 18.0 Å². The van der Waals surface area contributed by atoms with E-state index in [1.807, 2.05) is 51.1 Å². The first-order chi connectivity index (χ1) is 15.7. The maximum Gasteiger partial charge on any atom is 0.264 e. The highest BCUT2D eigenvalue weighted by atomic mass is 32.2. The van der Waals surface area contributed by atoms with E-state index >= 15 is 0 Å². The molecule has 1 N–H and O–H groups in total. The molecule has 0 saturated carbocycles. The summed E-state index contributed by atoms with van der Waals surface area (Å²) in [4.78, 5) is 13.2. The Morgan fingerprint density at radius 2 is 1.64 bits per heavy atom. The van der Waals surface area contributed by atoms with E-state index in [0.717, 1.165) is 22.4 Å². The Labute approximate surface area is 196 Å². The summed E-state index contributed by atoms with van der Waals surface area (Å²) in [6.45, 7) is 5.42. The number of amides is 1. The number of aryl methyl sites for hydroxylation is 2. The summed E-state index contributed by atoms with van der Waals surface area (Å²) in [5, 5.41) is 2.98. The van der Waals surface area contributed by atoms with Crippen LogP contribution in [0.5, 0.6) is 5.75 Å². The third kappa shape index (κ3) is 5.93. The van der Waals surface area contributed by atoms with Gasteiger partial charge in [0, 0.05) is 0 Å². The third-order valence-corrected chi connectivity index (χ3v) is 7.24. The maximum atomic E-state index is 13.5. The van der Waals surface area contributed by atoms with Crippen molar-refractivity contribution in [3.63, 3.8) is 0 Å². The van der Waals surface area contributed by atoms with Crippen LogP contribution in [0.25, 0.3) is 0 Å². The summed E-state index contributed by atoms with van der Waals surface area (Å²) < 4.78 is 33.4. The average molecular weight is 467 g/mol. The fraction of sp³-hybridized carbons (Fsp3) is 0.269. The fourth-order valence-electron chi connectivity index (χ4n) is 3.56. The monoisotopic (exact) mass is 466 g/mol. The Balaban J connectivity index is 1.89. The van der Waals surface area contributed by atoms with E-state index in [1.165, 1.54) is 4.31 Å². The molecule has 3 aromatic rings. The Morgan fingerprint density at radius 1 is 0.970 bits per heavy atom. The summed E-state index contributed by atoms with van der Waals surface area (Å²) in [7, 11) is -2.34. The van der Waals surface area contributed by atoms with Gasteiger partial charge in [0.2, 0.25) is 5.91 Å². The van der Waals surface area contributed by atoms with E-state index < -0.39 is 10.0 Å². The summed E-state index contributed by atoms with van der Waals surface area (Å²) >= 11 is 0. The van der Waals surface area contributed by atoms with Gasteiger partial charge in [-0.05, 0) is 67.8 Å². The minimum atomic E-state index is -3.94. The first-order valence-electron chi connectivity index (χ1n) is 10.8. The molecule has 174 valence electrons. The van der Waals surface area contributed by atoms with Crippen LogP contribution in [0.1, 0.15) is 36.1 Å². The van der Waals surface area contributed by atoms with Crippen molar-refractivity contribution in [3.05, 3.63) is 89.5 Å². The van der Waals surface area contributed by atoms with Crippen LogP contribution in [-0.4, -0.2) is 28.0 Å². The standard InChI is InChI=1S/C26H30N2O4S/c1-5-25(21-11-13-23(32-4)14-12-21)27-26(29)18-28(22-8-6-7-20(3)17-22)33(30,31)24-15-9-19(2)10-16-24/h6-17,25H,5,18H2,1-4H3,(H,27,29)/t25-/m1/s1. The van der Waals surface area contributed by atoms with Crippen LogP contribution in [0.15, 0.2) is 77.7 Å². The lowest BCUT2D eigenvalue weighted by molar-refractivity contribution is -0.120. The molecule has 0 unspecified atom stereocenters. The quantitative estimate of drug-likeness (QED) is 0.493. The van der Waals surface area contributed by atoms with Crippen molar-refractivity contribution in [1.29, 1.82) is 0 Å². The molecule has 0 aliphatic rings. The maximum absolute atomic E-state index is 13.5. The molecule has 7 heteroatoms. The van der Waals surface area contributed by atoms with Crippen molar-refractivity contribution in [3.8, 4) is 5.75 Å². The zero-order chi connectivity index (χ0) is 24.0. The van der Waals surface area contributed by atoms with Crippen LogP contribution in [0.4, 0.5) is 5.69 Å². The van der Waals surface area contributed by atoms with Gasteiger partial charge in [0.1, 0.15) is 12.3 Å². The minimum Gasteiger partial charge on any atom is -0.497 e. The molecular formula is C26H30N2O4S. The number of nitrogens with zero attached hydrogens (tertiary/aromatic N) is 1. The predicted octanol–water partition coefficient (Wildman–Crippen LogP) is 4.77. The topological polar surface area (TPSA) is 75.7 Å². The van der Waals surface area contributed by atoms with Gasteiger partial charge in [-0.1, -0.05) is 48.9 Å². The van der Waals surface area contributed by atoms with Crippen LogP contribution in [0.3, 0.4) is 0 Å². The number of anilines is 1. The highest BCUT2D eigenvalue weighted by molar-refractivity contribution is 7.92. The molecule has 0 spiro atoms. The molecule has 3 rings (SSSR count). The van der Waals surface area contributed by atoms with Gasteiger partial charge < -0.3 is 10.1 Å². The van der Waals surface area contributed by atoms with Crippen LogP contribution in [-0.2, 0) is 14.8 Å². The van der Waals surface area contributed by atoms with Gasteiger partial charge in [-0.25, -0.2) is 8.42 Å². The van der Waals surface area contributed by atoms with Crippen molar-refractivity contribution in [2.45, 2.75) is 38.1 Å². The number of nitrogens with one attached hydrogen (secondary N) is 1. The van der Waals surface area contributed by atoms with Crippen LogP contribution < -0.4 is 14.4 Å². The van der Waals surface area contributed by atoms with Gasteiger partial charge in [-0.2, -0.15) is 0 Å². The second-order valence-corrected chi connectivity index (χ2v) is 9.83. The van der Waals surface area contributed by atoms with Crippen LogP contribution in [0, 0.1) is 13.8 Å². The van der Waals surface area contributed by atoms with Crippen LogP contribution in [0.2, 0.25) is 0 Å². The molecule has 0 radical (unpaired) electrons. The van der Waals surface area contributed by atoms with Crippen molar-refractivity contribution < 1.29 is 17.9 Å². The molecule has 1 amide bonds. The number of hydrogen-bond acceptors (Lipinski definition) is 4. The largest absolute Gasteiger partial charge is 0.497 e. The number of rotatable bonds is 9. The summed E-state index contributed by atoms with van der Waals surface area (Å²) in [6, 6.07) is 21.0. The Hall–Kier alpha value is -3.32. The molecule has 1 atom stereocenters. The molecule has 0 aliphatic carbocycles. The number of hydrogen-bond donors (Lipinski definition) is 1. The molecule has 3 aromatic carbocycles. The van der Waals surface area contributed by atoms with Gasteiger partial charge in [-0.3, -0.25) is 9.10 Å². The van der Waals surface area contributed by atoms with Gasteiger partial charge in [0.25, 0.3) is 10.0 Å². The molecular weight excluding hydrogens is 436 g/mol. The number of sulfonamides is 1. The zero-order valence-electron chi connectivity index (χ0n) is 19.4. The SMILES string of the molecule is CC[C@@H](NC(=O)CN(c1cccc(C)c1)S(=O)(=O)c1ccc(C)cc1)c1ccc(OC)cc1. The molecule has 33 heavy (non-hydrogen) atoms. The highest BCUT2D eigenvalue weighted by Gasteiger charge is 2.28. The summed E-state index contributed by atoms with van der Waals surface area (Å²) in [5.41, 5.74) is 3.24. The number of carbonyl (C=O) groups is 1. The second-order valence-electron chi connectivity index (χ2n) is 7.97. The minimum absolute atomic E-state index is 0.143. The normalized spacial score (nSPS) is 12.1. The van der Waals surface area contributed by atoms with Crippen molar-refractivity contribution in [2.24, 2.45) is 0 Å². The number of ether oxygens (including phenoxy) is 1. The lowest BCUT2D eigenvalue weighted by Gasteiger charge is -2.26. The molecule has 6 nitrogen and oxygen atoms in total. The highest BCUT2D eigenvalue weighted by Crippen LogP contribution is 2.25. The first-order valence-corrected chi connectivity index (χ1v) is 12.3. The van der Waals surface area contributed by atoms with E-state index in [4.69, 9.17) is 4.74 Å². The third-order valence-electron chi connectivity index (χ3n) is 5.45. The number of benzene rings is 3. The van der Waals surface area contributed by atoms with E-state index in [1.54, 1.807) is 49.6 Å². The smallest absolute Gasteiger partial charge is 0.264 e. The fourth-order valence-corrected chi connectivity index (χ4v) is 4.98. The average Bonchev–Trinajstić information content (AvgIpc) is 2.81. The van der Waals surface area contributed by atoms with Gasteiger partial charge >= 0.3 is 0 Å². The molecule has 0 fully saturated rings. The Bertz CT molecular complexity index is 1190. The van der Waals surface area contributed by atoms with E-state index in [2.05, 4.69) is 5.32 Å². The lowest BCUT2D eigenvalue weighted by atomic mass is 10.0. The van der Waals surface area contributed by atoms with Gasteiger partial charge in [0.05, 0.1) is 23.7 Å². The van der Waals surface area contributed by atoms with Gasteiger partial charge in [0.15, 0.2) is 0 Å². The summed E-state index contributed by atoms with van der Waals surface area (Å²) in [6.07, 6.45) is 0.660. The second kappa shape index (κ2) is 10.5. The predicted molar refractivity (Wildman–Crippen MR) is 131 cm³/mol. The molecule has 0 bridgehead atoms. The summed E-state index contributed by atoms with van der Waals surface area (Å²) in [5.74, 6) is 0.351. The Kier molecular flexibility index (Phi) is 7.76. The number of methoxy groups -OCH3 is 1. The molecule has 0 aliphatic heterocycles. The zero-order valence-corrected chi connectivity index (χ0v) is 20.2.